The Morgan fingerprint density at radius 1 is 0.783 bits per heavy atom. The standard InChI is InChI=1S/C49H56N10O10/c50-45(63)43-44(32-6-9-35(10-7-32)69-34-4-2-1-3-5-34)54-59-38(14-17-52-46(43)59)31-15-19-57(20-16-31)42(62)30-68-27-26-67-25-18-51-41(61)29-55-21-23-56(24-22-55)33-8-11-36-37(28-33)49(66)58(48(36)65)39-12-13-40(60)53-47(39)64/h1-11,28,31,38-39,52H,12-27,29-30H2,(H2,50,63)(H,51,61)(H,53,60,64)/t38-,39?/m0/s1. The summed E-state index contributed by atoms with van der Waals surface area (Å²) < 4.78 is 19.2. The largest absolute Gasteiger partial charge is 0.457 e. The van der Waals surface area contributed by atoms with Gasteiger partial charge in [-0.15, -0.1) is 0 Å². The van der Waals surface area contributed by atoms with E-state index in [1.54, 1.807) is 18.2 Å². The average Bonchev–Trinajstić information content (AvgIpc) is 3.87. The molecule has 20 nitrogen and oxygen atoms in total. The maximum atomic E-state index is 13.3. The summed E-state index contributed by atoms with van der Waals surface area (Å²) in [5.41, 5.74) is 8.80. The molecule has 4 aromatic rings. The van der Waals surface area contributed by atoms with Crippen molar-refractivity contribution >= 4 is 52.9 Å². The minimum atomic E-state index is -1.02. The predicted molar refractivity (Wildman–Crippen MR) is 251 cm³/mol. The molecule has 9 rings (SSSR count). The molecule has 69 heavy (non-hydrogen) atoms. The fraction of sp³-hybridized carbons (Fsp3) is 0.429. The summed E-state index contributed by atoms with van der Waals surface area (Å²) in [5, 5.41) is 13.4. The van der Waals surface area contributed by atoms with Crippen LogP contribution in [0.2, 0.25) is 0 Å². The highest BCUT2D eigenvalue weighted by Crippen LogP contribution is 2.40. The molecule has 5 aliphatic rings. The summed E-state index contributed by atoms with van der Waals surface area (Å²) in [6.07, 6.45) is 2.55. The molecule has 5 N–H and O–H groups in total. The SMILES string of the molecule is NC(=O)c1c(-c2ccc(Oc3ccccc3)cc2)nn2c1NCC[C@H]2C1CCN(C(=O)COCCOCCNC(=O)CN2CCN(c3ccc4c(c3)C(=O)N(C3CCC(=O)NC3=O)C4=O)CC2)CC1. The van der Waals surface area contributed by atoms with E-state index in [4.69, 9.17) is 25.0 Å². The van der Waals surface area contributed by atoms with Gasteiger partial charge in [0.1, 0.15) is 41.2 Å². The Kier molecular flexibility index (Phi) is 14.3. The lowest BCUT2D eigenvalue weighted by Crippen LogP contribution is -2.54. The maximum Gasteiger partial charge on any atom is 0.262 e. The number of carbonyl (C=O) groups is 7. The highest BCUT2D eigenvalue weighted by molar-refractivity contribution is 6.23. The highest BCUT2D eigenvalue weighted by Gasteiger charge is 2.45. The van der Waals surface area contributed by atoms with Gasteiger partial charge in [-0.1, -0.05) is 18.2 Å². The van der Waals surface area contributed by atoms with Crippen molar-refractivity contribution in [3.8, 4) is 22.8 Å². The van der Waals surface area contributed by atoms with Crippen molar-refractivity contribution in [2.24, 2.45) is 11.7 Å². The number of primary amides is 1. The van der Waals surface area contributed by atoms with Crippen LogP contribution in [-0.2, 0) is 28.7 Å². The second-order valence-electron chi connectivity index (χ2n) is 17.8. The van der Waals surface area contributed by atoms with E-state index in [1.165, 1.54) is 0 Å². The quantitative estimate of drug-likeness (QED) is 0.0879. The fourth-order valence-electron chi connectivity index (χ4n) is 9.83. The van der Waals surface area contributed by atoms with Gasteiger partial charge >= 0.3 is 0 Å². The van der Waals surface area contributed by atoms with E-state index in [2.05, 4.69) is 20.9 Å². The molecule has 1 aromatic heterocycles. The summed E-state index contributed by atoms with van der Waals surface area (Å²) in [4.78, 5) is 95.8. The highest BCUT2D eigenvalue weighted by atomic mass is 16.5. The minimum Gasteiger partial charge on any atom is -0.457 e. The molecular formula is C49H56N10O10. The van der Waals surface area contributed by atoms with Crippen LogP contribution >= 0.6 is 0 Å². The van der Waals surface area contributed by atoms with Crippen molar-refractivity contribution in [2.75, 3.05) is 95.5 Å². The van der Waals surface area contributed by atoms with Crippen LogP contribution in [0, 0.1) is 5.92 Å². The van der Waals surface area contributed by atoms with Gasteiger partial charge in [-0.25, -0.2) is 4.68 Å². The van der Waals surface area contributed by atoms with Crippen LogP contribution in [0.4, 0.5) is 11.5 Å². The molecule has 3 saturated heterocycles. The Balaban J connectivity index is 0.645. The topological polar surface area (TPSA) is 240 Å². The zero-order valence-corrected chi connectivity index (χ0v) is 38.2. The van der Waals surface area contributed by atoms with E-state index in [0.717, 1.165) is 41.2 Å². The molecule has 6 heterocycles. The van der Waals surface area contributed by atoms with Gasteiger partial charge in [-0.05, 0) is 86.2 Å². The summed E-state index contributed by atoms with van der Waals surface area (Å²) in [5.74, 6) is -0.664. The molecule has 5 aliphatic heterocycles. The second-order valence-corrected chi connectivity index (χ2v) is 17.8. The average molecular weight is 945 g/mol. The van der Waals surface area contributed by atoms with Gasteiger partial charge in [0, 0.05) is 70.0 Å². The van der Waals surface area contributed by atoms with Crippen molar-refractivity contribution in [1.82, 2.24) is 35.1 Å². The number of ether oxygens (including phenoxy) is 3. The smallest absolute Gasteiger partial charge is 0.262 e. The van der Waals surface area contributed by atoms with Gasteiger partial charge in [0.15, 0.2) is 0 Å². The number of anilines is 2. The zero-order chi connectivity index (χ0) is 48.0. The molecule has 0 bridgehead atoms. The van der Waals surface area contributed by atoms with Gasteiger partial charge in [-0.2, -0.15) is 5.10 Å². The van der Waals surface area contributed by atoms with E-state index in [1.807, 2.05) is 69.1 Å². The minimum absolute atomic E-state index is 0.0392. The summed E-state index contributed by atoms with van der Waals surface area (Å²) in [6, 6.07) is 21.0. The van der Waals surface area contributed by atoms with Crippen LogP contribution < -0.4 is 31.3 Å². The van der Waals surface area contributed by atoms with Crippen molar-refractivity contribution in [3.63, 3.8) is 0 Å². The third kappa shape index (κ3) is 10.5. The first-order chi connectivity index (χ1) is 33.5. The molecule has 20 heteroatoms. The summed E-state index contributed by atoms with van der Waals surface area (Å²) in [6.45, 7) is 5.56. The van der Waals surface area contributed by atoms with E-state index in [9.17, 15) is 33.6 Å². The number of nitrogens with two attached hydrogens (primary N) is 1. The molecular weight excluding hydrogens is 889 g/mol. The van der Waals surface area contributed by atoms with E-state index < -0.39 is 35.6 Å². The second kappa shape index (κ2) is 21.0. The van der Waals surface area contributed by atoms with E-state index >= 15 is 0 Å². The van der Waals surface area contributed by atoms with Crippen LogP contribution in [0.15, 0.2) is 72.8 Å². The van der Waals surface area contributed by atoms with Gasteiger partial charge in [0.05, 0.1) is 43.5 Å². The number of hydrogen-bond acceptors (Lipinski definition) is 14. The van der Waals surface area contributed by atoms with Crippen LogP contribution in [0.3, 0.4) is 0 Å². The maximum absolute atomic E-state index is 13.3. The molecule has 0 saturated carbocycles. The van der Waals surface area contributed by atoms with Gasteiger partial charge in [0.2, 0.25) is 23.6 Å². The number of carbonyl (C=O) groups excluding carboxylic acids is 7. The Bertz CT molecular complexity index is 2590. The lowest BCUT2D eigenvalue weighted by atomic mass is 9.87. The normalized spacial score (nSPS) is 19.7. The number of likely N-dealkylation sites (tertiary alicyclic amines) is 1. The number of nitrogens with zero attached hydrogens (tertiary/aromatic N) is 6. The molecule has 3 fully saturated rings. The Morgan fingerprint density at radius 3 is 2.25 bits per heavy atom. The third-order valence-corrected chi connectivity index (χ3v) is 13.4. The number of para-hydroxylation sites is 1. The van der Waals surface area contributed by atoms with Crippen LogP contribution in [-0.4, -0.2) is 157 Å². The van der Waals surface area contributed by atoms with Gasteiger partial charge in [0.25, 0.3) is 17.7 Å². The first-order valence-electron chi connectivity index (χ1n) is 23.5. The van der Waals surface area contributed by atoms with Crippen molar-refractivity contribution in [2.45, 2.75) is 44.2 Å². The number of rotatable bonds is 17. The number of hydrogen-bond donors (Lipinski definition) is 4. The molecule has 0 radical (unpaired) electrons. The molecule has 0 aliphatic carbocycles. The molecule has 1 unspecified atom stereocenters. The predicted octanol–water partition coefficient (Wildman–Crippen LogP) is 2.41. The number of piperidine rings is 2. The number of nitrogens with one attached hydrogen (secondary N) is 3. The van der Waals surface area contributed by atoms with E-state index in [-0.39, 0.29) is 80.7 Å². The molecule has 2 atom stereocenters. The van der Waals surface area contributed by atoms with Crippen molar-refractivity contribution in [1.29, 1.82) is 0 Å². The molecule has 7 amide bonds. The first-order valence-corrected chi connectivity index (χ1v) is 23.5. The fourth-order valence-corrected chi connectivity index (χ4v) is 9.83. The first kappa shape index (κ1) is 46.9. The monoisotopic (exact) mass is 944 g/mol. The molecule has 362 valence electrons. The van der Waals surface area contributed by atoms with Gasteiger partial charge < -0.3 is 40.4 Å². The van der Waals surface area contributed by atoms with Crippen molar-refractivity contribution in [3.05, 3.63) is 89.5 Å². The number of aromatic nitrogens is 2. The number of benzene rings is 3. The Labute approximate surface area is 398 Å². The van der Waals surface area contributed by atoms with Crippen molar-refractivity contribution < 1.29 is 47.8 Å². The Hall–Kier alpha value is -7.16. The number of imide groups is 2. The van der Waals surface area contributed by atoms with E-state index in [0.29, 0.717) is 75.2 Å². The lowest BCUT2D eigenvalue weighted by molar-refractivity contribution is -0.138. The van der Waals surface area contributed by atoms with Crippen LogP contribution in [0.1, 0.15) is 69.2 Å². The van der Waals surface area contributed by atoms with Gasteiger partial charge in [-0.3, -0.25) is 48.7 Å². The van der Waals surface area contributed by atoms with Crippen LogP contribution in [0.25, 0.3) is 11.3 Å². The number of piperazine rings is 1. The summed E-state index contributed by atoms with van der Waals surface area (Å²) >= 11 is 0. The lowest BCUT2D eigenvalue weighted by Gasteiger charge is -2.38. The Morgan fingerprint density at radius 2 is 1.51 bits per heavy atom. The molecule has 3 aromatic carbocycles. The number of amides is 7. The van der Waals surface area contributed by atoms with Crippen LogP contribution in [0.5, 0.6) is 11.5 Å². The third-order valence-electron chi connectivity index (χ3n) is 13.4. The summed E-state index contributed by atoms with van der Waals surface area (Å²) in [7, 11) is 0. The number of fused-ring (bicyclic) bond motifs is 2. The zero-order valence-electron chi connectivity index (χ0n) is 38.2. The molecule has 0 spiro atoms.